The first-order valence-corrected chi connectivity index (χ1v) is 6.37. The highest BCUT2D eigenvalue weighted by Crippen LogP contribution is 2.23. The van der Waals surface area contributed by atoms with Crippen LogP contribution in [0.15, 0.2) is 18.2 Å². The van der Waals surface area contributed by atoms with Crippen LogP contribution in [-0.2, 0) is 11.3 Å². The van der Waals surface area contributed by atoms with Crippen LogP contribution in [0.3, 0.4) is 0 Å². The fraction of sp³-hybridized carbons (Fsp3) is 0.500. The molecule has 0 aromatic heterocycles. The third-order valence-electron chi connectivity index (χ3n) is 3.57. The van der Waals surface area contributed by atoms with Gasteiger partial charge in [-0.15, -0.1) is 0 Å². The number of carboxylic acids is 1. The zero-order valence-corrected chi connectivity index (χ0v) is 11.3. The van der Waals surface area contributed by atoms with Crippen LogP contribution in [0.1, 0.15) is 17.5 Å². The molecule has 1 heterocycles. The number of aliphatic carboxylic acids is 1. The van der Waals surface area contributed by atoms with E-state index < -0.39 is 12.0 Å². The van der Waals surface area contributed by atoms with E-state index >= 15 is 0 Å². The highest BCUT2D eigenvalue weighted by molar-refractivity contribution is 5.74. The van der Waals surface area contributed by atoms with Gasteiger partial charge in [0.05, 0.1) is 7.11 Å². The van der Waals surface area contributed by atoms with E-state index in [0.29, 0.717) is 19.5 Å². The molecule has 3 N–H and O–H groups in total. The first-order chi connectivity index (χ1) is 9.01. The summed E-state index contributed by atoms with van der Waals surface area (Å²) < 4.78 is 5.22. The monoisotopic (exact) mass is 264 g/mol. The van der Waals surface area contributed by atoms with Gasteiger partial charge in [-0.1, -0.05) is 12.1 Å². The summed E-state index contributed by atoms with van der Waals surface area (Å²) >= 11 is 0. The van der Waals surface area contributed by atoms with Gasteiger partial charge >= 0.3 is 5.97 Å². The molecule has 5 heteroatoms. The molecule has 2 atom stereocenters. The maximum absolute atomic E-state index is 11.2. The number of hydrogen-bond acceptors (Lipinski definition) is 4. The van der Waals surface area contributed by atoms with Gasteiger partial charge in [-0.25, -0.2) is 0 Å². The van der Waals surface area contributed by atoms with Crippen LogP contribution >= 0.6 is 0 Å². The molecule has 5 nitrogen and oxygen atoms in total. The molecule has 104 valence electrons. The van der Waals surface area contributed by atoms with E-state index in [0.717, 1.165) is 16.9 Å². The van der Waals surface area contributed by atoms with Crippen molar-refractivity contribution in [2.24, 2.45) is 5.73 Å². The van der Waals surface area contributed by atoms with Gasteiger partial charge in [-0.05, 0) is 30.5 Å². The number of nitrogens with two attached hydrogens (primary N) is 1. The van der Waals surface area contributed by atoms with Crippen LogP contribution in [-0.4, -0.2) is 41.7 Å². The Morgan fingerprint density at radius 1 is 1.58 bits per heavy atom. The first kappa shape index (κ1) is 13.8. The van der Waals surface area contributed by atoms with Crippen molar-refractivity contribution in [1.82, 2.24) is 4.90 Å². The molecule has 0 radical (unpaired) electrons. The van der Waals surface area contributed by atoms with E-state index in [-0.39, 0.29) is 6.04 Å². The van der Waals surface area contributed by atoms with E-state index in [9.17, 15) is 9.90 Å². The average molecular weight is 264 g/mol. The van der Waals surface area contributed by atoms with Crippen molar-refractivity contribution in [3.05, 3.63) is 29.3 Å². The molecule has 0 bridgehead atoms. The molecular formula is C14H20N2O3. The van der Waals surface area contributed by atoms with Crippen molar-refractivity contribution < 1.29 is 14.6 Å². The molecule has 1 saturated heterocycles. The van der Waals surface area contributed by atoms with Gasteiger partial charge < -0.3 is 15.6 Å². The number of carbonyl (C=O) groups is 1. The van der Waals surface area contributed by atoms with E-state index in [1.807, 2.05) is 30.0 Å². The number of rotatable bonds is 4. The van der Waals surface area contributed by atoms with Crippen LogP contribution in [0.2, 0.25) is 0 Å². The molecular weight excluding hydrogens is 244 g/mol. The zero-order chi connectivity index (χ0) is 14.0. The summed E-state index contributed by atoms with van der Waals surface area (Å²) in [6, 6.07) is 5.38. The fourth-order valence-corrected chi connectivity index (χ4v) is 2.64. The van der Waals surface area contributed by atoms with Crippen molar-refractivity contribution >= 4 is 5.97 Å². The summed E-state index contributed by atoms with van der Waals surface area (Å²) in [6.07, 6.45) is 0.518. The Bertz CT molecular complexity index is 476. The number of hydrogen-bond donors (Lipinski definition) is 2. The third kappa shape index (κ3) is 3.05. The van der Waals surface area contributed by atoms with Crippen LogP contribution in [0.5, 0.6) is 5.75 Å². The molecule has 2 rings (SSSR count). The van der Waals surface area contributed by atoms with Gasteiger partial charge in [0.2, 0.25) is 0 Å². The van der Waals surface area contributed by atoms with Crippen LogP contribution in [0.25, 0.3) is 0 Å². The van der Waals surface area contributed by atoms with Gasteiger partial charge in [0, 0.05) is 19.1 Å². The SMILES string of the molecule is COc1ccc(CN2CC(N)CC2C(=O)O)cc1C. The molecule has 0 aliphatic carbocycles. The lowest BCUT2D eigenvalue weighted by molar-refractivity contribution is -0.142. The largest absolute Gasteiger partial charge is 0.496 e. The second-order valence-corrected chi connectivity index (χ2v) is 5.08. The van der Waals surface area contributed by atoms with Gasteiger partial charge in [-0.2, -0.15) is 0 Å². The maximum atomic E-state index is 11.2. The van der Waals surface area contributed by atoms with Crippen molar-refractivity contribution in [3.63, 3.8) is 0 Å². The van der Waals surface area contributed by atoms with Gasteiger partial charge in [0.1, 0.15) is 11.8 Å². The predicted octanol–water partition coefficient (Wildman–Crippen LogP) is 0.990. The number of aryl methyl sites for hydroxylation is 1. The zero-order valence-electron chi connectivity index (χ0n) is 11.3. The number of benzene rings is 1. The van der Waals surface area contributed by atoms with Crippen LogP contribution in [0, 0.1) is 6.92 Å². The number of ether oxygens (including phenoxy) is 1. The third-order valence-corrected chi connectivity index (χ3v) is 3.57. The fourth-order valence-electron chi connectivity index (χ4n) is 2.64. The second kappa shape index (κ2) is 5.59. The summed E-state index contributed by atoms with van der Waals surface area (Å²) in [6.45, 7) is 3.21. The Balaban J connectivity index is 2.12. The Labute approximate surface area is 113 Å². The molecule has 1 aliphatic heterocycles. The Kier molecular flexibility index (Phi) is 4.07. The van der Waals surface area contributed by atoms with E-state index in [2.05, 4.69) is 0 Å². The Morgan fingerprint density at radius 2 is 2.32 bits per heavy atom. The molecule has 0 amide bonds. The lowest BCUT2D eigenvalue weighted by Gasteiger charge is -2.21. The molecule has 0 spiro atoms. The second-order valence-electron chi connectivity index (χ2n) is 5.08. The number of nitrogens with zero attached hydrogens (tertiary/aromatic N) is 1. The molecule has 0 saturated carbocycles. The van der Waals surface area contributed by atoms with Gasteiger partial charge in [0.15, 0.2) is 0 Å². The number of methoxy groups -OCH3 is 1. The summed E-state index contributed by atoms with van der Waals surface area (Å²) in [4.78, 5) is 13.1. The highest BCUT2D eigenvalue weighted by atomic mass is 16.5. The molecule has 1 fully saturated rings. The smallest absolute Gasteiger partial charge is 0.320 e. The van der Waals surface area contributed by atoms with E-state index in [1.165, 1.54) is 0 Å². The van der Waals surface area contributed by atoms with E-state index in [1.54, 1.807) is 7.11 Å². The standard InChI is InChI=1S/C14H20N2O3/c1-9-5-10(3-4-13(9)19-2)7-16-8-11(15)6-12(16)14(17)18/h3-5,11-12H,6-8,15H2,1-2H3,(H,17,18). The summed E-state index contributed by atoms with van der Waals surface area (Å²) in [7, 11) is 1.64. The maximum Gasteiger partial charge on any atom is 0.320 e. The van der Waals surface area contributed by atoms with Gasteiger partial charge in [0.25, 0.3) is 0 Å². The summed E-state index contributed by atoms with van der Waals surface area (Å²) in [5.74, 6) is 0.0508. The van der Waals surface area contributed by atoms with E-state index in [4.69, 9.17) is 10.5 Å². The van der Waals surface area contributed by atoms with Crippen LogP contribution < -0.4 is 10.5 Å². The molecule has 2 unspecified atom stereocenters. The van der Waals surface area contributed by atoms with Gasteiger partial charge in [-0.3, -0.25) is 9.69 Å². The van der Waals surface area contributed by atoms with Crippen molar-refractivity contribution in [2.75, 3.05) is 13.7 Å². The normalized spacial score (nSPS) is 23.5. The average Bonchev–Trinajstić information content (AvgIpc) is 2.70. The molecule has 19 heavy (non-hydrogen) atoms. The summed E-state index contributed by atoms with van der Waals surface area (Å²) in [5.41, 5.74) is 7.99. The van der Waals surface area contributed by atoms with Crippen molar-refractivity contribution in [2.45, 2.75) is 32.0 Å². The first-order valence-electron chi connectivity index (χ1n) is 6.37. The lowest BCUT2D eigenvalue weighted by atomic mass is 10.1. The lowest BCUT2D eigenvalue weighted by Crippen LogP contribution is -2.35. The Morgan fingerprint density at radius 3 is 2.89 bits per heavy atom. The topological polar surface area (TPSA) is 75.8 Å². The molecule has 1 aromatic carbocycles. The minimum Gasteiger partial charge on any atom is -0.496 e. The highest BCUT2D eigenvalue weighted by Gasteiger charge is 2.34. The number of likely N-dealkylation sites (tertiary alicyclic amines) is 1. The van der Waals surface area contributed by atoms with Crippen LogP contribution in [0.4, 0.5) is 0 Å². The van der Waals surface area contributed by atoms with Crippen molar-refractivity contribution in [1.29, 1.82) is 0 Å². The van der Waals surface area contributed by atoms with Crippen molar-refractivity contribution in [3.8, 4) is 5.75 Å². The minimum atomic E-state index is -0.793. The Hall–Kier alpha value is -1.59. The predicted molar refractivity (Wildman–Crippen MR) is 72.2 cm³/mol. The minimum absolute atomic E-state index is 0.0551. The number of carboxylic acid groups (broad SMARTS) is 1. The quantitative estimate of drug-likeness (QED) is 0.848. The molecule has 1 aromatic rings. The summed E-state index contributed by atoms with van der Waals surface area (Å²) in [5, 5.41) is 9.20. The molecule has 1 aliphatic rings.